The van der Waals surface area contributed by atoms with Crippen LogP contribution >= 0.6 is 0 Å². The summed E-state index contributed by atoms with van der Waals surface area (Å²) < 4.78 is 28.4. The van der Waals surface area contributed by atoms with E-state index < -0.39 is 6.61 Å². The highest BCUT2D eigenvalue weighted by Gasteiger charge is 2.12. The molecule has 0 aliphatic carbocycles. The molecule has 122 valence electrons. The van der Waals surface area contributed by atoms with Crippen molar-refractivity contribution < 1.29 is 18.3 Å². The van der Waals surface area contributed by atoms with Gasteiger partial charge in [-0.05, 0) is 36.2 Å². The molecular weight excluding hydrogens is 300 g/mol. The van der Waals surface area contributed by atoms with Crippen molar-refractivity contribution in [1.82, 2.24) is 5.32 Å². The van der Waals surface area contributed by atoms with Crippen LogP contribution in [0.5, 0.6) is 5.75 Å². The van der Waals surface area contributed by atoms with Gasteiger partial charge >= 0.3 is 6.61 Å². The molecule has 2 aromatic rings. The van der Waals surface area contributed by atoms with E-state index in [-0.39, 0.29) is 17.6 Å². The van der Waals surface area contributed by atoms with E-state index in [0.29, 0.717) is 12.1 Å². The second-order valence-corrected chi connectivity index (χ2v) is 5.13. The van der Waals surface area contributed by atoms with Gasteiger partial charge in [-0.25, -0.2) is 0 Å². The average Bonchev–Trinajstić information content (AvgIpc) is 2.56. The number of nitrogens with one attached hydrogen (secondary N) is 1. The molecule has 3 nitrogen and oxygen atoms in total. The topological polar surface area (TPSA) is 38.3 Å². The van der Waals surface area contributed by atoms with Crippen LogP contribution in [0.25, 0.3) is 0 Å². The van der Waals surface area contributed by atoms with E-state index in [1.54, 1.807) is 0 Å². The number of benzene rings is 2. The molecule has 2 aromatic carbocycles. The second-order valence-electron chi connectivity index (χ2n) is 5.13. The highest BCUT2D eigenvalue weighted by Crippen LogP contribution is 2.19. The molecule has 2 rings (SSSR count). The molecule has 1 unspecified atom stereocenters. The van der Waals surface area contributed by atoms with E-state index in [4.69, 9.17) is 0 Å². The lowest BCUT2D eigenvalue weighted by Crippen LogP contribution is -2.28. The Kier molecular flexibility index (Phi) is 6.09. The minimum absolute atomic E-state index is 0.0345. The van der Waals surface area contributed by atoms with Gasteiger partial charge in [-0.15, -0.1) is 0 Å². The molecule has 0 saturated heterocycles. The first-order chi connectivity index (χ1) is 11.1. The molecule has 0 bridgehead atoms. The first-order valence-corrected chi connectivity index (χ1v) is 7.48. The predicted octanol–water partition coefficient (Wildman–Crippen LogP) is 4.21. The van der Waals surface area contributed by atoms with Gasteiger partial charge in [-0.2, -0.15) is 8.78 Å². The van der Waals surface area contributed by atoms with Crippen LogP contribution in [-0.2, 0) is 0 Å². The van der Waals surface area contributed by atoms with Crippen LogP contribution in [0, 0.1) is 0 Å². The van der Waals surface area contributed by atoms with Crippen molar-refractivity contribution >= 4 is 5.91 Å². The number of hydrogen-bond donors (Lipinski definition) is 1. The van der Waals surface area contributed by atoms with E-state index >= 15 is 0 Å². The largest absolute Gasteiger partial charge is 0.435 e. The fourth-order valence-electron chi connectivity index (χ4n) is 2.33. The van der Waals surface area contributed by atoms with Gasteiger partial charge in [0.05, 0.1) is 0 Å². The normalized spacial score (nSPS) is 12.0. The van der Waals surface area contributed by atoms with Crippen molar-refractivity contribution in [3.05, 3.63) is 65.7 Å². The van der Waals surface area contributed by atoms with E-state index in [1.165, 1.54) is 29.8 Å². The van der Waals surface area contributed by atoms with Gasteiger partial charge in [0.25, 0.3) is 5.91 Å². The maximum atomic E-state index is 12.1. The van der Waals surface area contributed by atoms with Crippen LogP contribution in [0.15, 0.2) is 54.6 Å². The van der Waals surface area contributed by atoms with Crippen LogP contribution in [0.4, 0.5) is 8.78 Å². The van der Waals surface area contributed by atoms with Crippen molar-refractivity contribution in [3.8, 4) is 5.75 Å². The maximum Gasteiger partial charge on any atom is 0.387 e. The van der Waals surface area contributed by atoms with Crippen LogP contribution in [0.2, 0.25) is 0 Å². The van der Waals surface area contributed by atoms with E-state index in [9.17, 15) is 13.6 Å². The van der Waals surface area contributed by atoms with Gasteiger partial charge in [0, 0.05) is 18.0 Å². The van der Waals surface area contributed by atoms with Gasteiger partial charge < -0.3 is 10.1 Å². The zero-order valence-electron chi connectivity index (χ0n) is 12.8. The SMILES string of the molecule is CCC(CNC(=O)c1ccc(OC(F)F)cc1)c1ccccc1. The zero-order chi connectivity index (χ0) is 16.7. The van der Waals surface area contributed by atoms with Gasteiger partial charge in [-0.1, -0.05) is 37.3 Å². The van der Waals surface area contributed by atoms with E-state index in [2.05, 4.69) is 17.0 Å². The zero-order valence-corrected chi connectivity index (χ0v) is 12.8. The fourth-order valence-corrected chi connectivity index (χ4v) is 2.33. The Labute approximate surface area is 134 Å². The number of carbonyl (C=O) groups is 1. The molecule has 0 saturated carbocycles. The molecule has 0 aliphatic rings. The summed E-state index contributed by atoms with van der Waals surface area (Å²) in [5, 5.41) is 2.88. The average molecular weight is 319 g/mol. The molecule has 1 atom stereocenters. The Morgan fingerprint density at radius 1 is 1.09 bits per heavy atom. The van der Waals surface area contributed by atoms with Crippen molar-refractivity contribution in [3.63, 3.8) is 0 Å². The number of amides is 1. The summed E-state index contributed by atoms with van der Waals surface area (Å²) in [5.41, 5.74) is 1.59. The molecule has 23 heavy (non-hydrogen) atoms. The number of ether oxygens (including phenoxy) is 1. The molecule has 0 radical (unpaired) electrons. The molecule has 0 spiro atoms. The molecule has 0 aromatic heterocycles. The van der Waals surface area contributed by atoms with Crippen molar-refractivity contribution in [1.29, 1.82) is 0 Å². The second kappa shape index (κ2) is 8.27. The summed E-state index contributed by atoms with van der Waals surface area (Å²) in [5.74, 6) is 0.0387. The van der Waals surface area contributed by atoms with Crippen molar-refractivity contribution in [2.45, 2.75) is 25.9 Å². The molecule has 0 aliphatic heterocycles. The summed E-state index contributed by atoms with van der Waals surface area (Å²) in [7, 11) is 0. The van der Waals surface area contributed by atoms with Gasteiger partial charge in [0.15, 0.2) is 0 Å². The highest BCUT2D eigenvalue weighted by atomic mass is 19.3. The molecule has 0 fully saturated rings. The standard InChI is InChI=1S/C18H19F2NO2/c1-2-13(14-6-4-3-5-7-14)12-21-17(22)15-8-10-16(11-9-15)23-18(19)20/h3-11,13,18H,2,12H2,1H3,(H,21,22). The number of carbonyl (C=O) groups excluding carboxylic acids is 1. The molecule has 5 heteroatoms. The van der Waals surface area contributed by atoms with Gasteiger partial charge in [0.1, 0.15) is 5.75 Å². The number of alkyl halides is 2. The van der Waals surface area contributed by atoms with Crippen LogP contribution in [0.3, 0.4) is 0 Å². The lowest BCUT2D eigenvalue weighted by atomic mass is 9.96. The maximum absolute atomic E-state index is 12.1. The third-order valence-corrected chi connectivity index (χ3v) is 3.61. The fraction of sp³-hybridized carbons (Fsp3) is 0.278. The Balaban J connectivity index is 1.93. The lowest BCUT2D eigenvalue weighted by molar-refractivity contribution is -0.0498. The van der Waals surface area contributed by atoms with Gasteiger partial charge in [0.2, 0.25) is 0 Å². The van der Waals surface area contributed by atoms with Crippen molar-refractivity contribution in [2.24, 2.45) is 0 Å². The lowest BCUT2D eigenvalue weighted by Gasteiger charge is -2.16. The first-order valence-electron chi connectivity index (χ1n) is 7.48. The van der Waals surface area contributed by atoms with E-state index in [1.807, 2.05) is 30.3 Å². The van der Waals surface area contributed by atoms with Crippen LogP contribution < -0.4 is 10.1 Å². The van der Waals surface area contributed by atoms with Crippen LogP contribution in [0.1, 0.15) is 35.2 Å². The Morgan fingerprint density at radius 3 is 2.30 bits per heavy atom. The van der Waals surface area contributed by atoms with Gasteiger partial charge in [-0.3, -0.25) is 4.79 Å². The summed E-state index contributed by atoms with van der Waals surface area (Å²) in [4.78, 5) is 12.1. The number of rotatable bonds is 7. The third kappa shape index (κ3) is 5.06. The van der Waals surface area contributed by atoms with Crippen molar-refractivity contribution in [2.75, 3.05) is 6.54 Å². The monoisotopic (exact) mass is 319 g/mol. The third-order valence-electron chi connectivity index (χ3n) is 3.61. The smallest absolute Gasteiger partial charge is 0.387 e. The Bertz CT molecular complexity index is 615. The summed E-state index contributed by atoms with van der Waals surface area (Å²) >= 11 is 0. The highest BCUT2D eigenvalue weighted by molar-refractivity contribution is 5.94. The molecule has 0 heterocycles. The molecule has 1 N–H and O–H groups in total. The van der Waals surface area contributed by atoms with Crippen LogP contribution in [-0.4, -0.2) is 19.1 Å². The molecular formula is C18H19F2NO2. The number of hydrogen-bond acceptors (Lipinski definition) is 2. The summed E-state index contributed by atoms with van der Waals surface area (Å²) in [6, 6.07) is 15.6. The quantitative estimate of drug-likeness (QED) is 0.830. The Hall–Kier alpha value is -2.43. The summed E-state index contributed by atoms with van der Waals surface area (Å²) in [6.07, 6.45) is 0.908. The molecule has 1 amide bonds. The summed E-state index contributed by atoms with van der Waals surface area (Å²) in [6.45, 7) is -0.277. The predicted molar refractivity (Wildman–Crippen MR) is 84.9 cm³/mol. The minimum atomic E-state index is -2.87. The number of halogens is 2. The Morgan fingerprint density at radius 2 is 1.74 bits per heavy atom. The van der Waals surface area contributed by atoms with E-state index in [0.717, 1.165) is 6.42 Å². The first kappa shape index (κ1) is 16.9. The minimum Gasteiger partial charge on any atom is -0.435 e.